The average molecular weight is 467 g/mol. The molecular formula is C25H23ClN2O5. The van der Waals surface area contributed by atoms with Gasteiger partial charge in [-0.05, 0) is 61.2 Å². The van der Waals surface area contributed by atoms with E-state index in [1.807, 2.05) is 26.0 Å². The Morgan fingerprint density at radius 2 is 1.85 bits per heavy atom. The van der Waals surface area contributed by atoms with Gasteiger partial charge in [-0.2, -0.15) is 0 Å². The second kappa shape index (κ2) is 9.19. The maximum atomic E-state index is 12.9. The van der Waals surface area contributed by atoms with Crippen LogP contribution in [-0.4, -0.2) is 30.3 Å². The van der Waals surface area contributed by atoms with Crippen LogP contribution in [0.2, 0.25) is 5.02 Å². The molecule has 0 spiro atoms. The van der Waals surface area contributed by atoms with Crippen LogP contribution in [0.5, 0.6) is 0 Å². The van der Waals surface area contributed by atoms with Gasteiger partial charge in [0.05, 0.1) is 23.1 Å². The highest BCUT2D eigenvalue weighted by molar-refractivity contribution is 6.31. The highest BCUT2D eigenvalue weighted by atomic mass is 35.5. The van der Waals surface area contributed by atoms with Crippen LogP contribution in [0.15, 0.2) is 54.6 Å². The Bertz CT molecular complexity index is 1160. The third-order valence-corrected chi connectivity index (χ3v) is 6.28. The van der Waals surface area contributed by atoms with E-state index in [-0.39, 0.29) is 35.1 Å². The van der Waals surface area contributed by atoms with Crippen LogP contribution in [0.1, 0.15) is 29.3 Å². The van der Waals surface area contributed by atoms with Gasteiger partial charge < -0.3 is 10.1 Å². The first-order valence-corrected chi connectivity index (χ1v) is 11.0. The number of nitrogens with zero attached hydrogens (tertiary/aromatic N) is 1. The smallest absolute Gasteiger partial charge is 0.338 e. The summed E-state index contributed by atoms with van der Waals surface area (Å²) in [5.74, 6) is -2.32. The zero-order chi connectivity index (χ0) is 23.7. The fourth-order valence-corrected chi connectivity index (χ4v) is 4.45. The van der Waals surface area contributed by atoms with E-state index in [1.54, 1.807) is 18.2 Å². The monoisotopic (exact) mass is 466 g/mol. The first-order chi connectivity index (χ1) is 15.8. The number of carbonyl (C=O) groups is 4. The molecule has 3 atom stereocenters. The van der Waals surface area contributed by atoms with Gasteiger partial charge in [-0.15, -0.1) is 0 Å². The zero-order valence-electron chi connectivity index (χ0n) is 18.2. The molecule has 1 fully saturated rings. The van der Waals surface area contributed by atoms with Crippen LogP contribution in [-0.2, 0) is 19.1 Å². The molecule has 1 saturated heterocycles. The molecule has 8 heteroatoms. The van der Waals surface area contributed by atoms with Gasteiger partial charge in [-0.25, -0.2) is 4.79 Å². The van der Waals surface area contributed by atoms with Crippen molar-refractivity contribution in [3.8, 4) is 0 Å². The van der Waals surface area contributed by atoms with E-state index in [9.17, 15) is 19.2 Å². The number of benzene rings is 2. The van der Waals surface area contributed by atoms with E-state index in [1.165, 1.54) is 29.2 Å². The molecule has 7 nitrogen and oxygen atoms in total. The number of nitrogens with one attached hydrogen (secondary N) is 1. The minimum atomic E-state index is -0.690. The van der Waals surface area contributed by atoms with E-state index in [4.69, 9.17) is 16.3 Å². The number of allylic oxidation sites excluding steroid dienone is 2. The van der Waals surface area contributed by atoms with Crippen LogP contribution in [0.4, 0.5) is 11.4 Å². The quantitative estimate of drug-likeness (QED) is 0.406. The molecule has 0 bridgehead atoms. The maximum Gasteiger partial charge on any atom is 0.338 e. The lowest BCUT2D eigenvalue weighted by molar-refractivity contribution is -0.123. The molecule has 170 valence electrons. The van der Waals surface area contributed by atoms with Crippen molar-refractivity contribution in [3.05, 3.63) is 70.8 Å². The number of amides is 3. The highest BCUT2D eigenvalue weighted by Crippen LogP contribution is 2.40. The molecule has 0 aromatic heterocycles. The lowest BCUT2D eigenvalue weighted by Crippen LogP contribution is -2.31. The minimum absolute atomic E-state index is 0.00120. The zero-order valence-corrected chi connectivity index (χ0v) is 19.0. The Morgan fingerprint density at radius 3 is 2.55 bits per heavy atom. The lowest BCUT2D eigenvalue weighted by Gasteiger charge is -2.22. The Kier molecular flexibility index (Phi) is 6.33. The van der Waals surface area contributed by atoms with Gasteiger partial charge in [0.2, 0.25) is 11.8 Å². The van der Waals surface area contributed by atoms with Crippen LogP contribution >= 0.6 is 11.6 Å². The highest BCUT2D eigenvalue weighted by Gasteiger charge is 2.50. The number of imide groups is 1. The molecule has 1 N–H and O–H groups in total. The fraction of sp³-hybridized carbons (Fsp3) is 0.280. The molecule has 2 aromatic rings. The van der Waals surface area contributed by atoms with Gasteiger partial charge in [0.1, 0.15) is 0 Å². The Morgan fingerprint density at radius 1 is 1.12 bits per heavy atom. The van der Waals surface area contributed by atoms with Gasteiger partial charge >= 0.3 is 5.97 Å². The van der Waals surface area contributed by atoms with Crippen molar-refractivity contribution in [1.29, 1.82) is 0 Å². The van der Waals surface area contributed by atoms with Crippen LogP contribution in [0.3, 0.4) is 0 Å². The number of esters is 1. The molecule has 2 aliphatic rings. The molecule has 0 radical (unpaired) electrons. The van der Waals surface area contributed by atoms with E-state index in [0.29, 0.717) is 22.8 Å². The summed E-state index contributed by atoms with van der Waals surface area (Å²) in [6.45, 7) is 3.29. The van der Waals surface area contributed by atoms with Crippen molar-refractivity contribution in [2.75, 3.05) is 16.8 Å². The normalized spacial score (nSPS) is 21.7. The van der Waals surface area contributed by atoms with Crippen molar-refractivity contribution in [2.45, 2.75) is 20.3 Å². The number of rotatable bonds is 5. The molecule has 1 aliphatic carbocycles. The number of carbonyl (C=O) groups excluding carboxylic acids is 4. The molecule has 0 unspecified atom stereocenters. The van der Waals surface area contributed by atoms with Crippen LogP contribution in [0, 0.1) is 24.7 Å². The van der Waals surface area contributed by atoms with Crippen molar-refractivity contribution in [1.82, 2.24) is 0 Å². The maximum absolute atomic E-state index is 12.9. The lowest BCUT2D eigenvalue weighted by atomic mass is 9.78. The number of anilines is 2. The van der Waals surface area contributed by atoms with Crippen molar-refractivity contribution < 1.29 is 23.9 Å². The van der Waals surface area contributed by atoms with Crippen molar-refractivity contribution in [3.63, 3.8) is 0 Å². The van der Waals surface area contributed by atoms with E-state index in [0.717, 1.165) is 5.56 Å². The van der Waals surface area contributed by atoms with Crippen molar-refractivity contribution in [2.24, 2.45) is 17.8 Å². The predicted octanol–water partition coefficient (Wildman–Crippen LogP) is 4.15. The third-order valence-electron chi connectivity index (χ3n) is 6.04. The summed E-state index contributed by atoms with van der Waals surface area (Å²) in [7, 11) is 0. The minimum Gasteiger partial charge on any atom is -0.452 e. The summed E-state index contributed by atoms with van der Waals surface area (Å²) in [6, 6.07) is 11.1. The predicted molar refractivity (Wildman–Crippen MR) is 124 cm³/mol. The number of aryl methyl sites for hydroxylation is 1. The molecule has 3 amide bonds. The number of hydrogen-bond donors (Lipinski definition) is 1. The standard InChI is InChI=1S/C25H23ClN2O5/c1-14-6-9-17(26)12-20(14)27-21(29)13-33-25(32)16-7-10-18(11-8-16)28-23(30)19-5-3-4-15(2)22(19)24(28)31/h3-4,6-12,15,19,22H,5,13H2,1-2H3,(H,27,29)/t15-,19+,22+/m0/s1. The molecule has 33 heavy (non-hydrogen) atoms. The third kappa shape index (κ3) is 4.54. The second-order valence-electron chi connectivity index (χ2n) is 8.30. The van der Waals surface area contributed by atoms with Crippen LogP contribution in [0.25, 0.3) is 0 Å². The summed E-state index contributed by atoms with van der Waals surface area (Å²) < 4.78 is 5.09. The Balaban J connectivity index is 1.38. The molecule has 4 rings (SSSR count). The number of fused-ring (bicyclic) bond motifs is 1. The Labute approximate surface area is 196 Å². The van der Waals surface area contributed by atoms with Gasteiger partial charge in [0.15, 0.2) is 6.61 Å². The van der Waals surface area contributed by atoms with Gasteiger partial charge in [-0.1, -0.05) is 36.7 Å². The van der Waals surface area contributed by atoms with Crippen molar-refractivity contribution >= 4 is 46.7 Å². The van der Waals surface area contributed by atoms with E-state index < -0.39 is 18.5 Å². The second-order valence-corrected chi connectivity index (χ2v) is 8.73. The van der Waals surface area contributed by atoms with Gasteiger partial charge in [0.25, 0.3) is 5.91 Å². The molecule has 0 saturated carbocycles. The Hall–Kier alpha value is -3.45. The summed E-state index contributed by atoms with van der Waals surface area (Å²) in [5.41, 5.74) is 1.98. The molecule has 1 aliphatic heterocycles. The van der Waals surface area contributed by atoms with Gasteiger partial charge in [-0.3, -0.25) is 19.3 Å². The SMILES string of the molecule is Cc1ccc(Cl)cc1NC(=O)COC(=O)c1ccc(N2C(=O)[C@@H]3[C@@H](C)C=CC[C@H]3C2=O)cc1. The van der Waals surface area contributed by atoms with Crippen LogP contribution < -0.4 is 10.2 Å². The summed E-state index contributed by atoms with van der Waals surface area (Å²) in [5, 5.41) is 3.13. The average Bonchev–Trinajstić information content (AvgIpc) is 3.05. The fourth-order valence-electron chi connectivity index (χ4n) is 4.28. The summed E-state index contributed by atoms with van der Waals surface area (Å²) in [6.07, 6.45) is 4.47. The molecule has 1 heterocycles. The van der Waals surface area contributed by atoms with Gasteiger partial charge in [0, 0.05) is 10.7 Å². The summed E-state index contributed by atoms with van der Waals surface area (Å²) in [4.78, 5) is 51.4. The molecular weight excluding hydrogens is 444 g/mol. The first-order valence-electron chi connectivity index (χ1n) is 10.6. The van der Waals surface area contributed by atoms with E-state index in [2.05, 4.69) is 5.32 Å². The number of halogens is 1. The van der Waals surface area contributed by atoms with E-state index >= 15 is 0 Å². The largest absolute Gasteiger partial charge is 0.452 e. The first kappa shape index (κ1) is 22.7. The topological polar surface area (TPSA) is 92.8 Å². The number of ether oxygens (including phenoxy) is 1. The summed E-state index contributed by atoms with van der Waals surface area (Å²) >= 11 is 5.94. The molecule has 2 aromatic carbocycles. The number of hydrogen-bond acceptors (Lipinski definition) is 5.